The van der Waals surface area contributed by atoms with E-state index >= 15 is 0 Å². The van der Waals surface area contributed by atoms with E-state index in [4.69, 9.17) is 4.74 Å². The molecule has 218 valence electrons. The van der Waals surface area contributed by atoms with E-state index in [-0.39, 0.29) is 30.6 Å². The molecule has 10 nitrogen and oxygen atoms in total. The van der Waals surface area contributed by atoms with Crippen LogP contribution in [-0.4, -0.2) is 58.4 Å². The van der Waals surface area contributed by atoms with Gasteiger partial charge in [-0.05, 0) is 42.0 Å². The minimum absolute atomic E-state index is 0.00321. The molecule has 0 N–H and O–H groups in total. The smallest absolute Gasteiger partial charge is 0.269 e. The van der Waals surface area contributed by atoms with E-state index in [1.165, 1.54) is 72.8 Å². The molecule has 4 aromatic rings. The van der Waals surface area contributed by atoms with Crippen molar-refractivity contribution < 1.29 is 34.8 Å². The number of fused-ring (bicyclic) bond motifs is 1. The molecule has 1 atom stereocenters. The zero-order chi connectivity index (χ0) is 30.0. The minimum atomic E-state index is -4.77. The van der Waals surface area contributed by atoms with Gasteiger partial charge >= 0.3 is 0 Å². The number of hydrogen-bond acceptors (Lipinski definition) is 8. The molecule has 1 heterocycles. The van der Waals surface area contributed by atoms with Crippen LogP contribution < -0.4 is 0 Å². The first kappa shape index (κ1) is 29.6. The Morgan fingerprint density at radius 2 is 1.17 bits per heavy atom. The van der Waals surface area contributed by atoms with E-state index in [0.29, 0.717) is 4.31 Å². The van der Waals surface area contributed by atoms with E-state index in [1.54, 1.807) is 42.5 Å². The molecule has 0 aromatic heterocycles. The minimum Gasteiger partial charge on any atom is -0.375 e. The fourth-order valence-corrected chi connectivity index (χ4v) is 10.1. The highest BCUT2D eigenvalue weighted by Crippen LogP contribution is 2.34. The van der Waals surface area contributed by atoms with Gasteiger partial charge in [0, 0.05) is 0 Å². The third-order valence-corrected chi connectivity index (χ3v) is 12.8. The largest absolute Gasteiger partial charge is 0.375 e. The first-order valence-corrected chi connectivity index (χ1v) is 17.0. The lowest BCUT2D eigenvalue weighted by atomic mass is 10.2. The second-order valence-electron chi connectivity index (χ2n) is 9.35. The topological polar surface area (TPSA) is 135 Å². The number of amides is 1. The summed E-state index contributed by atoms with van der Waals surface area (Å²) in [5.41, 5.74) is 0.634. The third kappa shape index (κ3) is 5.61. The first-order chi connectivity index (χ1) is 20.0. The van der Waals surface area contributed by atoms with E-state index in [0.717, 1.165) is 5.56 Å². The van der Waals surface area contributed by atoms with Gasteiger partial charge in [-0.3, -0.25) is 4.79 Å². The van der Waals surface area contributed by atoms with Crippen molar-refractivity contribution in [3.05, 3.63) is 126 Å². The Labute approximate surface area is 244 Å². The summed E-state index contributed by atoms with van der Waals surface area (Å²) in [4.78, 5) is 12.6. The Morgan fingerprint density at radius 1 is 0.690 bits per heavy atom. The van der Waals surface area contributed by atoms with Crippen LogP contribution in [0.5, 0.6) is 0 Å². The molecule has 4 aromatic carbocycles. The summed E-state index contributed by atoms with van der Waals surface area (Å²) in [6.45, 7) is -1.41. The summed E-state index contributed by atoms with van der Waals surface area (Å²) in [6, 6.07) is 26.8. The van der Waals surface area contributed by atoms with Gasteiger partial charge in [-0.2, -0.15) is 0 Å². The first-order valence-electron chi connectivity index (χ1n) is 12.7. The Balaban J connectivity index is 1.60. The summed E-state index contributed by atoms with van der Waals surface area (Å²) < 4.78 is 89.5. The maximum atomic E-state index is 13.9. The van der Waals surface area contributed by atoms with Crippen molar-refractivity contribution in [2.45, 2.75) is 27.3 Å². The van der Waals surface area contributed by atoms with Gasteiger partial charge in [0.05, 0.1) is 41.2 Å². The second-order valence-corrected chi connectivity index (χ2v) is 15.1. The van der Waals surface area contributed by atoms with Crippen LogP contribution >= 0.6 is 0 Å². The summed E-state index contributed by atoms with van der Waals surface area (Å²) in [5.74, 6) is -0.909. The van der Waals surface area contributed by atoms with Gasteiger partial charge in [0.25, 0.3) is 36.0 Å². The maximum absolute atomic E-state index is 13.9. The van der Waals surface area contributed by atoms with E-state index in [1.807, 2.05) is 0 Å². The number of benzene rings is 4. The highest BCUT2D eigenvalue weighted by atomic mass is 32.3. The number of carbonyl (C=O) groups is 1. The number of sulfonamides is 3. The van der Waals surface area contributed by atoms with Crippen molar-refractivity contribution in [3.8, 4) is 0 Å². The van der Waals surface area contributed by atoms with E-state index in [2.05, 4.69) is 0 Å². The Hall–Kier alpha value is -3.88. The molecule has 5 rings (SSSR count). The van der Waals surface area contributed by atoms with Crippen LogP contribution in [0.1, 0.15) is 15.9 Å². The average Bonchev–Trinajstić information content (AvgIpc) is 3.20. The molecule has 0 aliphatic carbocycles. The van der Waals surface area contributed by atoms with Gasteiger partial charge in [0.15, 0.2) is 0 Å². The van der Waals surface area contributed by atoms with Crippen LogP contribution in [0.4, 0.5) is 0 Å². The van der Waals surface area contributed by atoms with E-state index < -0.39 is 55.2 Å². The molecule has 1 unspecified atom stereocenters. The third-order valence-electron chi connectivity index (χ3n) is 6.59. The average molecular weight is 627 g/mol. The van der Waals surface area contributed by atoms with Crippen LogP contribution in [0.3, 0.4) is 0 Å². The monoisotopic (exact) mass is 626 g/mol. The van der Waals surface area contributed by atoms with Gasteiger partial charge in [-0.25, -0.2) is 29.6 Å². The standard InChI is InChI=1S/C29H26N2O8S3/c32-29-27-18-10-11-19-28(27)42(37,38)31(29)24(22-39-21-23-12-4-1-5-13-23)20-30(40(33,34)25-14-6-2-7-15-25)41(35,36)26-16-8-3-9-17-26/h1-19,24H,20-22H2. The normalized spacial score (nSPS) is 15.5. The lowest BCUT2D eigenvalue weighted by molar-refractivity contribution is 0.0591. The number of rotatable bonds is 11. The number of hydrogen-bond donors (Lipinski definition) is 0. The van der Waals surface area contributed by atoms with Crippen molar-refractivity contribution in [2.75, 3.05) is 13.2 Å². The molecule has 1 aliphatic heterocycles. The van der Waals surface area contributed by atoms with Crippen molar-refractivity contribution in [1.82, 2.24) is 8.02 Å². The fraction of sp³-hybridized carbons (Fsp3) is 0.138. The van der Waals surface area contributed by atoms with Crippen LogP contribution in [0.2, 0.25) is 0 Å². The number of ether oxygens (including phenoxy) is 1. The van der Waals surface area contributed by atoms with Crippen LogP contribution in [0, 0.1) is 0 Å². The molecule has 1 amide bonds. The second kappa shape index (κ2) is 11.8. The molecular weight excluding hydrogens is 601 g/mol. The molecule has 13 heteroatoms. The Kier molecular flexibility index (Phi) is 8.30. The zero-order valence-corrected chi connectivity index (χ0v) is 24.5. The van der Waals surface area contributed by atoms with Crippen molar-refractivity contribution >= 4 is 36.0 Å². The molecule has 42 heavy (non-hydrogen) atoms. The molecule has 1 aliphatic rings. The van der Waals surface area contributed by atoms with Gasteiger partial charge in [0.2, 0.25) is 0 Å². The lowest BCUT2D eigenvalue weighted by Gasteiger charge is -2.31. The van der Waals surface area contributed by atoms with Crippen molar-refractivity contribution in [3.63, 3.8) is 0 Å². The fourth-order valence-electron chi connectivity index (χ4n) is 4.56. The number of nitrogens with zero attached hydrogens (tertiary/aromatic N) is 2. The SMILES string of the molecule is O=C1c2ccccc2S(=O)(=O)N1C(COCc1ccccc1)CN(S(=O)(=O)c1ccccc1)S(=O)(=O)c1ccccc1. The molecule has 0 spiro atoms. The van der Waals surface area contributed by atoms with Gasteiger partial charge in [0.1, 0.15) is 4.90 Å². The molecule has 0 saturated carbocycles. The van der Waals surface area contributed by atoms with E-state index in [9.17, 15) is 30.0 Å². The lowest BCUT2D eigenvalue weighted by Crippen LogP contribution is -2.51. The molecule has 0 saturated heterocycles. The predicted octanol–water partition coefficient (Wildman–Crippen LogP) is 3.50. The van der Waals surface area contributed by atoms with Gasteiger partial charge in [-0.1, -0.05) is 82.6 Å². The highest BCUT2D eigenvalue weighted by Gasteiger charge is 2.48. The number of carbonyl (C=O) groups excluding carboxylic acids is 1. The van der Waals surface area contributed by atoms with Crippen LogP contribution in [-0.2, 0) is 41.4 Å². The molecule has 0 radical (unpaired) electrons. The van der Waals surface area contributed by atoms with Gasteiger partial charge < -0.3 is 4.74 Å². The quantitative estimate of drug-likeness (QED) is 0.247. The summed E-state index contributed by atoms with van der Waals surface area (Å²) in [5, 5.41) is 0. The summed E-state index contributed by atoms with van der Waals surface area (Å²) >= 11 is 0. The Morgan fingerprint density at radius 3 is 1.69 bits per heavy atom. The zero-order valence-electron chi connectivity index (χ0n) is 22.1. The van der Waals surface area contributed by atoms with Crippen LogP contribution in [0.15, 0.2) is 130 Å². The van der Waals surface area contributed by atoms with Crippen molar-refractivity contribution in [2.24, 2.45) is 0 Å². The Bertz CT molecular complexity index is 1830. The molecule has 0 bridgehead atoms. The summed E-state index contributed by atoms with van der Waals surface area (Å²) in [6.07, 6.45) is 0. The molecular formula is C29H26N2O8S3. The maximum Gasteiger partial charge on any atom is 0.269 e. The summed E-state index contributed by atoms with van der Waals surface area (Å²) in [7, 11) is -14.0. The molecule has 0 fully saturated rings. The highest BCUT2D eigenvalue weighted by molar-refractivity contribution is 8.04. The van der Waals surface area contributed by atoms with Crippen LogP contribution in [0.25, 0.3) is 0 Å². The van der Waals surface area contributed by atoms with Gasteiger partial charge in [-0.15, -0.1) is 0 Å². The predicted molar refractivity (Wildman–Crippen MR) is 154 cm³/mol. The van der Waals surface area contributed by atoms with Crippen molar-refractivity contribution in [1.29, 1.82) is 0 Å².